The number of carbonyl (C=O) groups is 1. The van der Waals surface area contributed by atoms with Crippen molar-refractivity contribution in [3.63, 3.8) is 0 Å². The van der Waals surface area contributed by atoms with Crippen LogP contribution in [0, 0.1) is 6.92 Å². The zero-order valence-electron chi connectivity index (χ0n) is 25.6. The van der Waals surface area contributed by atoms with Crippen LogP contribution in [0.25, 0.3) is 0 Å². The number of nitrogens with zero attached hydrogens (tertiary/aromatic N) is 2. The molecule has 224 valence electrons. The van der Waals surface area contributed by atoms with Crippen molar-refractivity contribution < 1.29 is 28.8 Å². The number of aliphatic carboxylic acids is 1. The number of aryl methyl sites for hydroxylation is 1. The third-order valence-corrected chi connectivity index (χ3v) is 9.53. The second-order valence-electron chi connectivity index (χ2n) is 12.3. The zero-order valence-corrected chi connectivity index (χ0v) is 26.5. The number of hydrogen-bond acceptors (Lipinski definition) is 3. The van der Waals surface area contributed by atoms with Gasteiger partial charge in [-0.05, 0) is 76.4 Å². The summed E-state index contributed by atoms with van der Waals surface area (Å²) >= 11 is 0. The molecule has 2 aromatic carbocycles. The number of likely N-dealkylation sites (N-methyl/N-ethyl adjacent to an activating group) is 1. The summed E-state index contributed by atoms with van der Waals surface area (Å²) < 4.78 is 14.3. The lowest BCUT2D eigenvalue weighted by Crippen LogP contribution is -2.28. The van der Waals surface area contributed by atoms with Crippen LogP contribution in [0.1, 0.15) is 77.0 Å². The highest BCUT2D eigenvalue weighted by Gasteiger charge is 2.44. The molecule has 8 heteroatoms. The monoisotopic (exact) mass is 591 g/mol. The molecule has 0 radical (unpaired) electrons. The molecule has 0 fully saturated rings. The molecule has 2 aliphatic rings. The molecule has 0 saturated heterocycles. The number of fused-ring (bicyclic) bond motifs is 2. The third kappa shape index (κ3) is 6.24. The van der Waals surface area contributed by atoms with Crippen molar-refractivity contribution in [1.82, 2.24) is 0 Å². The van der Waals surface area contributed by atoms with Crippen LogP contribution in [0.3, 0.4) is 0 Å². The topological polar surface area (TPSA) is 101 Å². The fraction of sp³-hybridized carbons (Fsp3) is 0.412. The van der Waals surface area contributed by atoms with Gasteiger partial charge in [0.1, 0.15) is 6.54 Å². The second-order valence-corrected chi connectivity index (χ2v) is 13.9. The van der Waals surface area contributed by atoms with Crippen molar-refractivity contribution in [3.05, 3.63) is 89.2 Å². The van der Waals surface area contributed by atoms with Gasteiger partial charge >= 0.3 is 13.6 Å². The third-order valence-electron chi connectivity index (χ3n) is 8.58. The van der Waals surface area contributed by atoms with E-state index in [-0.39, 0.29) is 17.1 Å². The lowest BCUT2D eigenvalue weighted by Gasteiger charge is -2.25. The molecule has 0 unspecified atom stereocenters. The van der Waals surface area contributed by atoms with Gasteiger partial charge in [-0.25, -0.2) is 0 Å². The molecule has 0 spiro atoms. The average molecular weight is 592 g/mol. The van der Waals surface area contributed by atoms with Crippen molar-refractivity contribution in [2.24, 2.45) is 0 Å². The summed E-state index contributed by atoms with van der Waals surface area (Å²) in [6, 6.07) is 11.6. The van der Waals surface area contributed by atoms with E-state index in [9.17, 15) is 19.1 Å². The van der Waals surface area contributed by atoms with E-state index < -0.39 is 19.0 Å². The van der Waals surface area contributed by atoms with Crippen molar-refractivity contribution >= 4 is 36.0 Å². The van der Waals surface area contributed by atoms with E-state index in [1.807, 2.05) is 18.2 Å². The molecule has 42 heavy (non-hydrogen) atoms. The Hall–Kier alpha value is -3.25. The number of carboxylic acid groups (broad SMARTS) is 1. The van der Waals surface area contributed by atoms with Gasteiger partial charge in [0.25, 0.3) is 0 Å². The number of hydrogen-bond donors (Lipinski definition) is 3. The summed E-state index contributed by atoms with van der Waals surface area (Å²) in [5, 5.41) is 9.02. The van der Waals surface area contributed by atoms with E-state index in [4.69, 9.17) is 5.11 Å². The molecule has 4 rings (SSSR count). The van der Waals surface area contributed by atoms with Crippen LogP contribution in [-0.4, -0.2) is 44.2 Å². The smallest absolute Gasteiger partial charge is 0.356 e. The van der Waals surface area contributed by atoms with Gasteiger partial charge in [-0.2, -0.15) is 4.58 Å². The van der Waals surface area contributed by atoms with Gasteiger partial charge in [-0.15, -0.1) is 0 Å². The van der Waals surface area contributed by atoms with E-state index in [0.29, 0.717) is 6.42 Å². The van der Waals surface area contributed by atoms with Crippen molar-refractivity contribution in [3.8, 4) is 0 Å². The molecule has 2 heterocycles. The summed E-state index contributed by atoms with van der Waals surface area (Å²) in [5.74, 6) is -0.743. The minimum Gasteiger partial charge on any atom is -0.481 e. The van der Waals surface area contributed by atoms with Crippen LogP contribution in [0.15, 0.2) is 72.5 Å². The maximum atomic E-state index is 11.9. The number of allylic oxidation sites excluding steroid dienone is 6. The molecule has 0 saturated carbocycles. The highest BCUT2D eigenvalue weighted by atomic mass is 31.2. The van der Waals surface area contributed by atoms with Crippen LogP contribution in [0.4, 0.5) is 11.4 Å². The second kappa shape index (κ2) is 12.2. The van der Waals surface area contributed by atoms with Crippen molar-refractivity contribution in [2.45, 2.75) is 78.1 Å². The summed E-state index contributed by atoms with van der Waals surface area (Å²) in [7, 11) is -4.34. The van der Waals surface area contributed by atoms with Gasteiger partial charge in [0.15, 0.2) is 5.71 Å². The Bertz CT molecular complexity index is 1540. The summed E-state index contributed by atoms with van der Waals surface area (Å²) in [6.45, 7) is 14.5. The number of benzene rings is 2. The normalized spacial score (nSPS) is 18.5. The first-order valence-electron chi connectivity index (χ1n) is 14.7. The van der Waals surface area contributed by atoms with E-state index in [0.717, 1.165) is 42.9 Å². The Morgan fingerprint density at radius 3 is 2.36 bits per heavy atom. The van der Waals surface area contributed by atoms with E-state index in [1.54, 1.807) is 6.07 Å². The molecule has 0 aromatic heterocycles. The molecule has 0 aliphatic carbocycles. The maximum absolute atomic E-state index is 11.9. The lowest BCUT2D eigenvalue weighted by molar-refractivity contribution is -0.438. The van der Waals surface area contributed by atoms with Gasteiger partial charge in [-0.3, -0.25) is 9.36 Å². The Balaban J connectivity index is 1.60. The number of unbranched alkanes of at least 4 members (excludes halogenated alkanes) is 2. The average Bonchev–Trinajstić information content (AvgIpc) is 3.25. The molecular weight excluding hydrogens is 547 g/mol. The van der Waals surface area contributed by atoms with E-state index in [1.165, 1.54) is 28.6 Å². The Morgan fingerprint density at radius 2 is 1.69 bits per heavy atom. The van der Waals surface area contributed by atoms with Gasteiger partial charge < -0.3 is 19.8 Å². The van der Waals surface area contributed by atoms with Crippen LogP contribution < -0.4 is 10.2 Å². The van der Waals surface area contributed by atoms with E-state index >= 15 is 0 Å². The zero-order chi connectivity index (χ0) is 30.9. The van der Waals surface area contributed by atoms with Crippen LogP contribution in [0.2, 0.25) is 0 Å². The van der Waals surface area contributed by atoms with Gasteiger partial charge in [-0.1, -0.05) is 43.7 Å². The maximum Gasteiger partial charge on any atom is 0.356 e. The van der Waals surface area contributed by atoms with Gasteiger partial charge in [0.05, 0.1) is 10.7 Å². The minimum atomic E-state index is -4.34. The standard InChI is InChI=1S/C34H43N2O5P/c1-7-35-28-20-18-25(42(39,40)41)23-27(28)34(5,6)30(35)14-10-8-11-15-31-33(3,4)26-22-24(2)17-19-29(26)36(31)21-13-9-12-16-32(37)38/h8,10-11,14-15,17-20,22-23H,7,9,12-13,16,21H2,1-6H3,(H2-,37,38,39,40,41)/p+1. The van der Waals surface area contributed by atoms with Crippen LogP contribution in [0.5, 0.6) is 0 Å². The highest BCUT2D eigenvalue weighted by molar-refractivity contribution is 7.60. The fourth-order valence-corrected chi connectivity index (χ4v) is 6.86. The summed E-state index contributed by atoms with van der Waals surface area (Å²) in [4.78, 5) is 32.6. The predicted molar refractivity (Wildman–Crippen MR) is 171 cm³/mol. The molecule has 2 aromatic rings. The molecule has 2 aliphatic heterocycles. The summed E-state index contributed by atoms with van der Waals surface area (Å²) in [5.41, 5.74) is 7.35. The first-order chi connectivity index (χ1) is 19.7. The molecule has 3 N–H and O–H groups in total. The van der Waals surface area contributed by atoms with Gasteiger partial charge in [0.2, 0.25) is 5.69 Å². The predicted octanol–water partition coefficient (Wildman–Crippen LogP) is 6.63. The Kier molecular flexibility index (Phi) is 9.17. The molecule has 0 atom stereocenters. The van der Waals surface area contributed by atoms with Crippen LogP contribution >= 0.6 is 7.60 Å². The molecule has 0 bridgehead atoms. The number of anilines is 1. The first kappa shape index (κ1) is 31.7. The quantitative estimate of drug-likeness (QED) is 0.117. The molecular formula is C34H44N2O5P+. The Morgan fingerprint density at radius 1 is 0.952 bits per heavy atom. The first-order valence-corrected chi connectivity index (χ1v) is 16.3. The SMILES string of the molecule is CCN1/C(=C/C=C/C=C/C2=[N+](CCCCCC(=O)O)c3ccc(C)cc3C2(C)C)C(C)(C)c2cc(P(=O)(O)O)ccc21. The van der Waals surface area contributed by atoms with Crippen LogP contribution in [-0.2, 0) is 20.2 Å². The van der Waals surface area contributed by atoms with Crippen molar-refractivity contribution in [2.75, 3.05) is 18.0 Å². The van der Waals surface area contributed by atoms with E-state index in [2.05, 4.69) is 87.4 Å². The van der Waals surface area contributed by atoms with Gasteiger partial charge in [0, 0.05) is 53.9 Å². The highest BCUT2D eigenvalue weighted by Crippen LogP contribution is 2.49. The number of rotatable bonds is 11. The van der Waals surface area contributed by atoms with Crippen molar-refractivity contribution in [1.29, 1.82) is 0 Å². The minimum absolute atomic E-state index is 0.0453. The molecule has 7 nitrogen and oxygen atoms in total. The fourth-order valence-electron chi connectivity index (χ4n) is 6.30. The molecule has 0 amide bonds. The Labute approximate surface area is 249 Å². The largest absolute Gasteiger partial charge is 0.481 e. The summed E-state index contributed by atoms with van der Waals surface area (Å²) in [6.07, 6.45) is 13.1. The lowest BCUT2D eigenvalue weighted by atomic mass is 9.81. The number of carboxylic acids is 1.